The zero-order chi connectivity index (χ0) is 26.5. The van der Waals surface area contributed by atoms with E-state index in [2.05, 4.69) is 69.7 Å². The van der Waals surface area contributed by atoms with Gasteiger partial charge < -0.3 is 33.3 Å². The molecule has 195 valence electrons. The van der Waals surface area contributed by atoms with E-state index >= 15 is 0 Å². The zero-order valence-electron chi connectivity index (χ0n) is 21.9. The van der Waals surface area contributed by atoms with Gasteiger partial charge in [0.1, 0.15) is 22.9 Å². The molecule has 9 heteroatoms. The van der Waals surface area contributed by atoms with E-state index in [1.54, 1.807) is 12.4 Å². The average Bonchev–Trinajstić information content (AvgIpc) is 3.54. The number of nitrogens with one attached hydrogen (secondary N) is 2. The van der Waals surface area contributed by atoms with Gasteiger partial charge in [-0.3, -0.25) is 0 Å². The van der Waals surface area contributed by atoms with E-state index in [1.165, 1.54) is 11.1 Å². The number of ether oxygens (including phenoxy) is 2. The van der Waals surface area contributed by atoms with Crippen LogP contribution in [0.5, 0.6) is 11.5 Å². The number of nitrogens with zero attached hydrogens (tertiary/aromatic N) is 4. The molecule has 0 aliphatic carbocycles. The Morgan fingerprint density at radius 3 is 1.44 bits per heavy atom. The summed E-state index contributed by atoms with van der Waals surface area (Å²) in [4.78, 5) is 24.3. The molecule has 0 amide bonds. The van der Waals surface area contributed by atoms with Crippen molar-refractivity contribution in [3.8, 4) is 34.5 Å². The molecule has 2 aromatic carbocycles. The molecule has 6 rings (SSSR count). The van der Waals surface area contributed by atoms with E-state index in [0.29, 0.717) is 24.7 Å². The Balaban J connectivity index is 0.000000176. The Kier molecular flexibility index (Phi) is 9.43. The minimum absolute atomic E-state index is 0. The molecule has 0 aliphatic heterocycles. The van der Waals surface area contributed by atoms with Gasteiger partial charge in [0.2, 0.25) is 0 Å². The number of H-pyrrole nitrogens is 2. The van der Waals surface area contributed by atoms with Crippen molar-refractivity contribution in [1.29, 1.82) is 0 Å². The van der Waals surface area contributed by atoms with Gasteiger partial charge in [-0.05, 0) is 86.7 Å². The van der Waals surface area contributed by atoms with Crippen molar-refractivity contribution in [2.24, 2.45) is 0 Å². The maximum Gasteiger partial charge on any atom is 0.157 e. The van der Waals surface area contributed by atoms with Crippen LogP contribution in [0.25, 0.3) is 45.1 Å². The summed E-state index contributed by atoms with van der Waals surface area (Å²) < 4.78 is 10.5. The van der Waals surface area contributed by atoms with Gasteiger partial charge in [0.25, 0.3) is 0 Å². The second-order valence-corrected chi connectivity index (χ2v) is 8.67. The van der Waals surface area contributed by atoms with Crippen LogP contribution in [0.15, 0.2) is 73.1 Å². The summed E-state index contributed by atoms with van der Waals surface area (Å²) >= 11 is 0. The van der Waals surface area contributed by atoms with Crippen LogP contribution in [0.1, 0.15) is 11.1 Å². The summed E-state index contributed by atoms with van der Waals surface area (Å²) in [5, 5.41) is 0. The van der Waals surface area contributed by atoms with E-state index in [-0.39, 0.29) is 32.7 Å². The molecule has 0 spiro atoms. The second kappa shape index (κ2) is 13.0. The first kappa shape index (κ1) is 28.4. The van der Waals surface area contributed by atoms with Crippen LogP contribution >= 0.6 is 0 Å². The number of imidazole rings is 2. The maximum atomic E-state index is 5.27. The van der Waals surface area contributed by atoms with Gasteiger partial charge in [-0.25, -0.2) is 19.9 Å². The van der Waals surface area contributed by atoms with Gasteiger partial charge in [-0.2, -0.15) is 0 Å². The van der Waals surface area contributed by atoms with Crippen LogP contribution < -0.4 is 9.47 Å². The predicted molar refractivity (Wildman–Crippen MR) is 150 cm³/mol. The van der Waals surface area contributed by atoms with Crippen LogP contribution in [-0.4, -0.2) is 43.1 Å². The van der Waals surface area contributed by atoms with Crippen molar-refractivity contribution in [3.63, 3.8) is 0 Å². The first-order valence-electron chi connectivity index (χ1n) is 12.2. The quantitative estimate of drug-likeness (QED) is 0.220. The number of aromatic nitrogens is 6. The number of rotatable bonds is 6. The molecule has 4 heterocycles. The molecular formula is C30H28N6O2Y-2. The molecular weight excluding hydrogens is 565 g/mol. The molecule has 6 aromatic rings. The third-order valence-electron chi connectivity index (χ3n) is 5.77. The number of pyridine rings is 2. The molecule has 4 aromatic heterocycles. The molecule has 0 bridgehead atoms. The van der Waals surface area contributed by atoms with Gasteiger partial charge in [0, 0.05) is 32.7 Å². The van der Waals surface area contributed by atoms with Crippen molar-refractivity contribution < 1.29 is 42.2 Å². The Morgan fingerprint density at radius 2 is 1.08 bits per heavy atom. The van der Waals surface area contributed by atoms with E-state index in [9.17, 15) is 0 Å². The number of benzene rings is 2. The van der Waals surface area contributed by atoms with Gasteiger partial charge in [0.05, 0.1) is 34.5 Å². The largest absolute Gasteiger partial charge is 0.524 e. The number of fused-ring (bicyclic) bond motifs is 2. The van der Waals surface area contributed by atoms with Gasteiger partial charge >= 0.3 is 0 Å². The van der Waals surface area contributed by atoms with Gasteiger partial charge in [-0.1, -0.05) is 12.1 Å². The summed E-state index contributed by atoms with van der Waals surface area (Å²) in [5.41, 5.74) is 7.94. The summed E-state index contributed by atoms with van der Waals surface area (Å²) in [5.74, 6) is 2.96. The van der Waals surface area contributed by atoms with Crippen molar-refractivity contribution in [2.45, 2.75) is 13.8 Å². The molecule has 0 fully saturated rings. The summed E-state index contributed by atoms with van der Waals surface area (Å²) in [7, 11) is 0. The zero-order valence-corrected chi connectivity index (χ0v) is 24.8. The minimum atomic E-state index is 0. The fourth-order valence-corrected chi connectivity index (χ4v) is 3.94. The Bertz CT molecular complexity index is 1530. The van der Waals surface area contributed by atoms with Crippen molar-refractivity contribution in [2.75, 3.05) is 13.2 Å². The molecule has 0 saturated heterocycles. The van der Waals surface area contributed by atoms with Crippen LogP contribution in [0, 0.1) is 27.7 Å². The second-order valence-electron chi connectivity index (χ2n) is 8.67. The topological polar surface area (TPSA) is 102 Å². The third-order valence-corrected chi connectivity index (χ3v) is 5.77. The average molecular weight is 594 g/mol. The molecule has 1 radical (unpaired) electrons. The number of hydrogen-bond donors (Lipinski definition) is 2. The molecule has 0 saturated carbocycles. The number of aromatic amines is 2. The minimum Gasteiger partial charge on any atom is -0.524 e. The van der Waals surface area contributed by atoms with Crippen molar-refractivity contribution in [1.82, 2.24) is 29.9 Å². The molecule has 0 atom stereocenters. The summed E-state index contributed by atoms with van der Waals surface area (Å²) in [6, 6.07) is 19.8. The monoisotopic (exact) mass is 593 g/mol. The maximum absolute atomic E-state index is 5.27. The SMILES string of the molecule is [CH2-]COc1ccc(-c2nc3ccc(C)cc3[nH]2)nc1.[CH2-]COc1ccc(-c2nc3ccc(C)cc3[nH]2)nc1.[Y]. The number of aryl methyl sites for hydroxylation is 2. The Labute approximate surface area is 252 Å². The summed E-state index contributed by atoms with van der Waals surface area (Å²) in [6.07, 6.45) is 3.36. The fraction of sp³-hybridized carbons (Fsp3) is 0.133. The van der Waals surface area contributed by atoms with Crippen LogP contribution in [0.4, 0.5) is 0 Å². The van der Waals surface area contributed by atoms with E-state index in [1.807, 2.05) is 48.5 Å². The van der Waals surface area contributed by atoms with Crippen LogP contribution in [0.2, 0.25) is 0 Å². The molecule has 2 N–H and O–H groups in total. The van der Waals surface area contributed by atoms with Crippen molar-refractivity contribution >= 4 is 22.1 Å². The van der Waals surface area contributed by atoms with Crippen LogP contribution in [-0.2, 0) is 32.7 Å². The Hall–Kier alpha value is -3.62. The first-order valence-corrected chi connectivity index (χ1v) is 12.2. The van der Waals surface area contributed by atoms with Crippen molar-refractivity contribution in [3.05, 3.63) is 98.0 Å². The van der Waals surface area contributed by atoms with E-state index in [4.69, 9.17) is 9.47 Å². The Morgan fingerprint density at radius 1 is 0.641 bits per heavy atom. The molecule has 39 heavy (non-hydrogen) atoms. The fourth-order valence-electron chi connectivity index (χ4n) is 3.94. The molecule has 8 nitrogen and oxygen atoms in total. The van der Waals surface area contributed by atoms with E-state index < -0.39 is 0 Å². The van der Waals surface area contributed by atoms with Crippen LogP contribution in [0.3, 0.4) is 0 Å². The smallest absolute Gasteiger partial charge is 0.157 e. The molecule has 0 unspecified atom stereocenters. The van der Waals surface area contributed by atoms with E-state index in [0.717, 1.165) is 45.1 Å². The molecule has 0 aliphatic rings. The third kappa shape index (κ3) is 6.88. The van der Waals surface area contributed by atoms with Gasteiger partial charge in [-0.15, -0.1) is 0 Å². The predicted octanol–water partition coefficient (Wildman–Crippen LogP) is 6.29. The first-order chi connectivity index (χ1) is 18.5. The number of hydrogen-bond acceptors (Lipinski definition) is 6. The summed E-state index contributed by atoms with van der Waals surface area (Å²) in [6.45, 7) is 12.2. The normalized spacial score (nSPS) is 10.6. The standard InChI is InChI=1S/2C15H14N3O.Y/c2*1-3-19-11-5-7-13(16-9-11)15-17-12-6-4-10(2)8-14(12)18-15;/h2*4-9H,1,3H2,2H3,(H,17,18);/q2*-1;. The van der Waals surface area contributed by atoms with Gasteiger partial charge in [0.15, 0.2) is 11.6 Å².